The number of halogens is 4. The number of rotatable bonds is 6. The van der Waals surface area contributed by atoms with Crippen LogP contribution in [0.4, 0.5) is 18.9 Å². The van der Waals surface area contributed by atoms with Crippen molar-refractivity contribution < 1.29 is 27.8 Å². The first-order valence-corrected chi connectivity index (χ1v) is 8.70. The highest BCUT2D eigenvalue weighted by molar-refractivity contribution is 5.85. The second-order valence-electron chi connectivity index (χ2n) is 6.57. The Bertz CT molecular complexity index is 796. The molecule has 1 atom stereocenters. The Hall–Kier alpha value is -2.41. The van der Waals surface area contributed by atoms with Crippen LogP contribution in [0, 0.1) is 0 Å². The lowest BCUT2D eigenvalue weighted by Gasteiger charge is -2.25. The number of anilines is 1. The largest absolute Gasteiger partial charge is 0.489 e. The van der Waals surface area contributed by atoms with E-state index in [1.807, 2.05) is 12.1 Å². The number of hydrogen-bond donors (Lipinski definition) is 1. The molecule has 0 bridgehead atoms. The van der Waals surface area contributed by atoms with Crippen molar-refractivity contribution in [2.24, 2.45) is 0 Å². The highest BCUT2D eigenvalue weighted by Gasteiger charge is 2.30. The van der Waals surface area contributed by atoms with E-state index in [1.165, 1.54) is 6.07 Å². The van der Waals surface area contributed by atoms with E-state index in [9.17, 15) is 18.0 Å². The van der Waals surface area contributed by atoms with E-state index in [1.54, 1.807) is 18.2 Å². The van der Waals surface area contributed by atoms with Gasteiger partial charge in [-0.3, -0.25) is 4.79 Å². The minimum Gasteiger partial charge on any atom is -0.489 e. The summed E-state index contributed by atoms with van der Waals surface area (Å²) in [7, 11) is 0. The van der Waals surface area contributed by atoms with Crippen molar-refractivity contribution >= 4 is 24.1 Å². The third-order valence-corrected chi connectivity index (χ3v) is 4.62. The number of carboxylic acid groups (broad SMARTS) is 1. The molecule has 1 saturated heterocycles. The third-order valence-electron chi connectivity index (χ3n) is 4.62. The highest BCUT2D eigenvalue weighted by atomic mass is 35.5. The number of nitrogens with zero attached hydrogens (tertiary/aromatic N) is 1. The van der Waals surface area contributed by atoms with Gasteiger partial charge in [-0.1, -0.05) is 12.1 Å². The van der Waals surface area contributed by atoms with Gasteiger partial charge in [0.05, 0.1) is 12.0 Å². The number of ether oxygens (including phenoxy) is 1. The van der Waals surface area contributed by atoms with Gasteiger partial charge in [0.1, 0.15) is 12.4 Å². The van der Waals surface area contributed by atoms with E-state index in [4.69, 9.17) is 9.84 Å². The van der Waals surface area contributed by atoms with Crippen molar-refractivity contribution in [3.05, 3.63) is 59.7 Å². The SMILES string of the molecule is Cl.O=C(O)C[C@@H]1CCCN1c1ccc(OCc2cccc(C(F)(F)F)c2)cc1. The third kappa shape index (κ3) is 5.55. The second-order valence-corrected chi connectivity index (χ2v) is 6.57. The normalized spacial score (nSPS) is 16.5. The van der Waals surface area contributed by atoms with Gasteiger partial charge in [0.2, 0.25) is 0 Å². The smallest absolute Gasteiger partial charge is 0.416 e. The predicted molar refractivity (Wildman–Crippen MR) is 102 cm³/mol. The van der Waals surface area contributed by atoms with Gasteiger partial charge < -0.3 is 14.7 Å². The van der Waals surface area contributed by atoms with Crippen LogP contribution in [0.1, 0.15) is 30.4 Å². The first-order valence-electron chi connectivity index (χ1n) is 8.70. The summed E-state index contributed by atoms with van der Waals surface area (Å²) in [6.07, 6.45) is -2.47. The number of alkyl halides is 3. The summed E-state index contributed by atoms with van der Waals surface area (Å²) in [6.45, 7) is 0.844. The first-order chi connectivity index (χ1) is 12.8. The van der Waals surface area contributed by atoms with E-state index < -0.39 is 17.7 Å². The first kappa shape index (κ1) is 21.9. The zero-order valence-electron chi connectivity index (χ0n) is 15.0. The molecular weight excluding hydrogens is 395 g/mol. The van der Waals surface area contributed by atoms with Crippen molar-refractivity contribution in [1.29, 1.82) is 0 Å². The van der Waals surface area contributed by atoms with Crippen molar-refractivity contribution in [3.8, 4) is 5.75 Å². The molecule has 3 rings (SSSR count). The monoisotopic (exact) mass is 415 g/mol. The van der Waals surface area contributed by atoms with Crippen LogP contribution >= 0.6 is 12.4 Å². The van der Waals surface area contributed by atoms with Gasteiger partial charge in [0.25, 0.3) is 0 Å². The molecule has 1 aliphatic rings. The Balaban J connectivity index is 0.00000280. The zero-order chi connectivity index (χ0) is 19.4. The van der Waals surface area contributed by atoms with Crippen LogP contribution in [-0.2, 0) is 17.6 Å². The van der Waals surface area contributed by atoms with Gasteiger partial charge in [-0.15, -0.1) is 12.4 Å². The van der Waals surface area contributed by atoms with Crippen LogP contribution in [-0.4, -0.2) is 23.7 Å². The van der Waals surface area contributed by atoms with Gasteiger partial charge in [-0.2, -0.15) is 13.2 Å². The van der Waals surface area contributed by atoms with Crippen molar-refractivity contribution in [2.75, 3.05) is 11.4 Å². The van der Waals surface area contributed by atoms with Crippen molar-refractivity contribution in [3.63, 3.8) is 0 Å². The fraction of sp³-hybridized carbons (Fsp3) is 0.350. The number of hydrogen-bond acceptors (Lipinski definition) is 3. The number of carbonyl (C=O) groups is 1. The standard InChI is InChI=1S/C20H20F3NO3.ClH/c21-20(22,23)15-4-1-3-14(11-15)13-27-18-8-6-16(7-9-18)24-10-2-5-17(24)12-19(25)26;/h1,3-4,6-9,11,17H,2,5,10,12-13H2,(H,25,26);1H/t17-;/m0./s1. The molecular formula is C20H21ClF3NO3. The summed E-state index contributed by atoms with van der Waals surface area (Å²) >= 11 is 0. The molecule has 0 unspecified atom stereocenters. The zero-order valence-corrected chi connectivity index (χ0v) is 15.8. The lowest BCUT2D eigenvalue weighted by molar-refractivity contribution is -0.138. The Kier molecular flexibility index (Phi) is 7.18. The number of benzene rings is 2. The Morgan fingerprint density at radius 2 is 1.89 bits per heavy atom. The quantitative estimate of drug-likeness (QED) is 0.708. The van der Waals surface area contributed by atoms with Gasteiger partial charge in [-0.05, 0) is 54.8 Å². The van der Waals surface area contributed by atoms with E-state index in [-0.39, 0.29) is 31.5 Å². The molecule has 1 heterocycles. The van der Waals surface area contributed by atoms with Crippen molar-refractivity contribution in [2.45, 2.75) is 38.1 Å². The molecule has 2 aromatic carbocycles. The molecule has 0 radical (unpaired) electrons. The highest BCUT2D eigenvalue weighted by Crippen LogP contribution is 2.31. The Labute approximate surface area is 167 Å². The topological polar surface area (TPSA) is 49.8 Å². The average Bonchev–Trinajstić information content (AvgIpc) is 3.07. The van der Waals surface area contributed by atoms with E-state index >= 15 is 0 Å². The molecule has 8 heteroatoms. The number of aliphatic carboxylic acids is 1. The maximum Gasteiger partial charge on any atom is 0.416 e. The van der Waals surface area contributed by atoms with Gasteiger partial charge in [0, 0.05) is 18.3 Å². The molecule has 28 heavy (non-hydrogen) atoms. The fourth-order valence-corrected chi connectivity index (χ4v) is 3.33. The summed E-state index contributed by atoms with van der Waals surface area (Å²) in [5.74, 6) is -0.266. The van der Waals surface area contributed by atoms with E-state index in [2.05, 4.69) is 4.90 Å². The summed E-state index contributed by atoms with van der Waals surface area (Å²) in [5, 5.41) is 9.01. The molecule has 1 aliphatic heterocycles. The van der Waals surface area contributed by atoms with Crippen LogP contribution in [0.25, 0.3) is 0 Å². The molecule has 0 saturated carbocycles. The van der Waals surface area contributed by atoms with Crippen LogP contribution in [0.2, 0.25) is 0 Å². The Morgan fingerprint density at radius 1 is 1.18 bits per heavy atom. The van der Waals surface area contributed by atoms with Gasteiger partial charge >= 0.3 is 12.1 Å². The summed E-state index contributed by atoms with van der Waals surface area (Å²) in [4.78, 5) is 13.0. The molecule has 0 aliphatic carbocycles. The maximum atomic E-state index is 12.8. The number of carboxylic acids is 1. The maximum absolute atomic E-state index is 12.8. The van der Waals surface area contributed by atoms with Crippen LogP contribution < -0.4 is 9.64 Å². The van der Waals surface area contributed by atoms with Crippen molar-refractivity contribution in [1.82, 2.24) is 0 Å². The summed E-state index contributed by atoms with van der Waals surface area (Å²) in [6, 6.07) is 12.2. The fourth-order valence-electron chi connectivity index (χ4n) is 3.33. The molecule has 2 aromatic rings. The Morgan fingerprint density at radius 3 is 2.54 bits per heavy atom. The summed E-state index contributed by atoms with van der Waals surface area (Å²) in [5.41, 5.74) is 0.664. The molecule has 0 spiro atoms. The van der Waals surface area contributed by atoms with Gasteiger partial charge in [0.15, 0.2) is 0 Å². The molecule has 152 valence electrons. The summed E-state index contributed by atoms with van der Waals surface area (Å²) < 4.78 is 43.8. The predicted octanol–water partition coefficient (Wildman–Crippen LogP) is 5.15. The average molecular weight is 416 g/mol. The van der Waals surface area contributed by atoms with Gasteiger partial charge in [-0.25, -0.2) is 0 Å². The molecule has 0 amide bonds. The van der Waals surface area contributed by atoms with E-state index in [0.29, 0.717) is 11.3 Å². The minimum atomic E-state index is -4.38. The second kappa shape index (κ2) is 9.19. The lowest BCUT2D eigenvalue weighted by Crippen LogP contribution is -2.31. The molecule has 0 aromatic heterocycles. The minimum absolute atomic E-state index is 0. The van der Waals surface area contributed by atoms with Crippen LogP contribution in [0.5, 0.6) is 5.75 Å². The lowest BCUT2D eigenvalue weighted by atomic mass is 10.1. The van der Waals surface area contributed by atoms with Crippen LogP contribution in [0.15, 0.2) is 48.5 Å². The molecule has 1 fully saturated rings. The molecule has 1 N–H and O–H groups in total. The van der Waals surface area contributed by atoms with E-state index in [0.717, 1.165) is 37.2 Å². The molecule has 4 nitrogen and oxygen atoms in total. The van der Waals surface area contributed by atoms with Crippen LogP contribution in [0.3, 0.4) is 0 Å².